The van der Waals surface area contributed by atoms with Crippen molar-refractivity contribution in [2.45, 2.75) is 44.5 Å². The lowest BCUT2D eigenvalue weighted by molar-refractivity contribution is 0.00427. The summed E-state index contributed by atoms with van der Waals surface area (Å²) in [4.78, 5) is 30.6. The zero-order valence-corrected chi connectivity index (χ0v) is 27.6. The molecule has 0 bridgehead atoms. The van der Waals surface area contributed by atoms with Crippen LogP contribution in [0.3, 0.4) is 0 Å². The van der Waals surface area contributed by atoms with E-state index < -0.39 is 40.0 Å². The number of furan rings is 1. The normalized spacial score (nSPS) is 14.3. The summed E-state index contributed by atoms with van der Waals surface area (Å²) in [6.07, 6.45) is 1.81. The third-order valence-electron chi connectivity index (χ3n) is 8.42. The van der Waals surface area contributed by atoms with Gasteiger partial charge in [0, 0.05) is 30.8 Å². The minimum Gasteiger partial charge on any atom is -0.467 e. The van der Waals surface area contributed by atoms with Gasteiger partial charge in [-0.3, -0.25) is 18.8 Å². The second kappa shape index (κ2) is 14.8. The smallest absolute Gasteiger partial charge is 0.254 e. The average molecular weight is 647 g/mol. The third kappa shape index (κ3) is 8.22. The van der Waals surface area contributed by atoms with E-state index in [9.17, 15) is 23.1 Å². The number of sulfonamides is 1. The first-order valence-electron chi connectivity index (χ1n) is 15.0. The molecule has 4 atom stereocenters. The molecule has 0 spiro atoms. The average Bonchev–Trinajstić information content (AvgIpc) is 3.59. The van der Waals surface area contributed by atoms with Gasteiger partial charge in [0.25, 0.3) is 5.91 Å². The standard InChI is InChI=1S/C35H42N4O6S/c1-24(27-15-10-7-11-16-27)37(3)23-32(40)31(19-26-13-8-6-9-14-26)39(25(2)33-17-12-18-45-33)35(42)29-20-28(34(36)41)21-30(22-29)38(4)46(5,43)44/h6-18,20-22,24-25,31-32,40H,19,23H2,1-5H3,(H2,36,41)/t24-,25?,31-,32+/m0/s1. The highest BCUT2D eigenvalue weighted by Gasteiger charge is 2.37. The number of hydrogen-bond acceptors (Lipinski definition) is 7. The molecule has 11 heteroatoms. The Morgan fingerprint density at radius 3 is 2.04 bits per heavy atom. The number of rotatable bonds is 14. The first-order valence-corrected chi connectivity index (χ1v) is 16.8. The van der Waals surface area contributed by atoms with Crippen molar-refractivity contribution < 1.29 is 27.5 Å². The number of likely N-dealkylation sites (N-methyl/N-ethyl adjacent to an activating group) is 1. The summed E-state index contributed by atoms with van der Waals surface area (Å²) in [5.41, 5.74) is 7.72. The van der Waals surface area contributed by atoms with Gasteiger partial charge in [-0.25, -0.2) is 8.42 Å². The van der Waals surface area contributed by atoms with E-state index in [2.05, 4.69) is 6.92 Å². The quantitative estimate of drug-likeness (QED) is 0.204. The summed E-state index contributed by atoms with van der Waals surface area (Å²) in [7, 11) is -0.477. The monoisotopic (exact) mass is 646 g/mol. The van der Waals surface area contributed by atoms with E-state index in [1.54, 1.807) is 24.0 Å². The zero-order valence-electron chi connectivity index (χ0n) is 26.8. The van der Waals surface area contributed by atoms with Crippen molar-refractivity contribution in [3.8, 4) is 0 Å². The van der Waals surface area contributed by atoms with Gasteiger partial charge in [-0.1, -0.05) is 60.7 Å². The Morgan fingerprint density at radius 2 is 1.48 bits per heavy atom. The summed E-state index contributed by atoms with van der Waals surface area (Å²) in [6.45, 7) is 4.09. The van der Waals surface area contributed by atoms with Crippen LogP contribution in [-0.2, 0) is 16.4 Å². The minimum absolute atomic E-state index is 0.0267. The zero-order chi connectivity index (χ0) is 33.6. The molecular weight excluding hydrogens is 604 g/mol. The van der Waals surface area contributed by atoms with Gasteiger partial charge in [-0.2, -0.15) is 0 Å². The molecule has 46 heavy (non-hydrogen) atoms. The number of nitrogens with two attached hydrogens (primary N) is 1. The molecule has 0 radical (unpaired) electrons. The Labute approximate surface area is 271 Å². The van der Waals surface area contributed by atoms with E-state index in [1.165, 1.54) is 31.5 Å². The molecule has 1 unspecified atom stereocenters. The van der Waals surface area contributed by atoms with Crippen LogP contribution in [0.1, 0.15) is 63.5 Å². The van der Waals surface area contributed by atoms with Crippen LogP contribution in [0.2, 0.25) is 0 Å². The number of aliphatic hydroxyl groups excluding tert-OH is 1. The predicted molar refractivity (Wildman–Crippen MR) is 179 cm³/mol. The van der Waals surface area contributed by atoms with Crippen molar-refractivity contribution in [3.63, 3.8) is 0 Å². The molecule has 0 aliphatic heterocycles. The Balaban J connectivity index is 1.82. The summed E-state index contributed by atoms with van der Waals surface area (Å²) >= 11 is 0. The van der Waals surface area contributed by atoms with E-state index in [1.807, 2.05) is 72.6 Å². The van der Waals surface area contributed by atoms with Crippen molar-refractivity contribution in [3.05, 3.63) is 125 Å². The topological polar surface area (TPSA) is 137 Å². The van der Waals surface area contributed by atoms with Crippen molar-refractivity contribution in [2.75, 3.05) is 31.2 Å². The van der Waals surface area contributed by atoms with Crippen LogP contribution in [0.4, 0.5) is 5.69 Å². The van der Waals surface area contributed by atoms with Gasteiger partial charge >= 0.3 is 0 Å². The van der Waals surface area contributed by atoms with Gasteiger partial charge in [0.05, 0.1) is 36.4 Å². The molecule has 0 fully saturated rings. The third-order valence-corrected chi connectivity index (χ3v) is 9.63. The first-order chi connectivity index (χ1) is 21.8. The first kappa shape index (κ1) is 34.4. The Kier molecular flexibility index (Phi) is 11.0. The number of carbonyl (C=O) groups is 2. The van der Waals surface area contributed by atoms with E-state index in [0.29, 0.717) is 12.2 Å². The number of amides is 2. The van der Waals surface area contributed by atoms with Crippen LogP contribution in [0.25, 0.3) is 0 Å². The molecule has 10 nitrogen and oxygen atoms in total. The number of anilines is 1. The van der Waals surface area contributed by atoms with Gasteiger partial charge in [-0.15, -0.1) is 0 Å². The highest BCUT2D eigenvalue weighted by molar-refractivity contribution is 7.92. The van der Waals surface area contributed by atoms with Gasteiger partial charge in [-0.05, 0) is 68.8 Å². The molecule has 1 heterocycles. The van der Waals surface area contributed by atoms with Gasteiger partial charge in [0.1, 0.15) is 5.76 Å². The van der Waals surface area contributed by atoms with E-state index in [4.69, 9.17) is 10.2 Å². The molecule has 4 aromatic rings. The molecule has 2 amide bonds. The van der Waals surface area contributed by atoms with Gasteiger partial charge in [0.15, 0.2) is 0 Å². The number of aliphatic hydroxyl groups is 1. The van der Waals surface area contributed by atoms with Crippen molar-refractivity contribution in [1.29, 1.82) is 0 Å². The highest BCUT2D eigenvalue weighted by atomic mass is 32.2. The number of hydrogen-bond donors (Lipinski definition) is 2. The van der Waals surface area contributed by atoms with Crippen molar-refractivity contribution in [1.82, 2.24) is 9.80 Å². The Morgan fingerprint density at radius 1 is 0.870 bits per heavy atom. The summed E-state index contributed by atoms with van der Waals surface area (Å²) in [6, 6.07) is 25.6. The lowest BCUT2D eigenvalue weighted by atomic mass is 9.95. The molecule has 0 saturated heterocycles. The summed E-state index contributed by atoms with van der Waals surface area (Å²) in [5, 5.41) is 12.0. The number of nitrogens with zero attached hydrogens (tertiary/aromatic N) is 3. The van der Waals surface area contributed by atoms with E-state index in [-0.39, 0.29) is 29.4 Å². The maximum Gasteiger partial charge on any atom is 0.254 e. The predicted octanol–water partition coefficient (Wildman–Crippen LogP) is 4.64. The number of benzene rings is 3. The Bertz CT molecular complexity index is 1710. The molecule has 4 rings (SSSR count). The van der Waals surface area contributed by atoms with Gasteiger partial charge < -0.3 is 20.2 Å². The van der Waals surface area contributed by atoms with Crippen LogP contribution in [0.5, 0.6) is 0 Å². The molecular formula is C35H42N4O6S. The molecule has 0 saturated carbocycles. The maximum absolute atomic E-state index is 14.7. The lowest BCUT2D eigenvalue weighted by Gasteiger charge is -2.40. The van der Waals surface area contributed by atoms with Gasteiger partial charge in [0.2, 0.25) is 15.9 Å². The molecule has 3 N–H and O–H groups in total. The second-order valence-corrected chi connectivity index (χ2v) is 13.6. The van der Waals surface area contributed by atoms with Crippen LogP contribution in [-0.4, -0.2) is 74.2 Å². The summed E-state index contributed by atoms with van der Waals surface area (Å²) < 4.78 is 31.6. The van der Waals surface area contributed by atoms with Crippen LogP contribution in [0.15, 0.2) is 102 Å². The number of carbonyl (C=O) groups excluding carboxylic acids is 2. The molecule has 3 aromatic carbocycles. The van der Waals surface area contributed by atoms with E-state index >= 15 is 0 Å². The SMILES string of the molecule is CC(c1ccco1)N(C(=O)c1cc(C(N)=O)cc(N(C)S(C)(=O)=O)c1)[C@@H](Cc1ccccc1)[C@H](O)CN(C)[C@@H](C)c1ccccc1. The fraction of sp³-hybridized carbons (Fsp3) is 0.314. The molecule has 0 aliphatic rings. The lowest BCUT2D eigenvalue weighted by Crippen LogP contribution is -2.52. The molecule has 0 aliphatic carbocycles. The van der Waals surface area contributed by atoms with Crippen LogP contribution < -0.4 is 10.0 Å². The second-order valence-electron chi connectivity index (χ2n) is 11.6. The fourth-order valence-corrected chi connectivity index (χ4v) is 6.00. The Hall–Kier alpha value is -4.45. The van der Waals surface area contributed by atoms with Crippen molar-refractivity contribution in [2.24, 2.45) is 5.73 Å². The summed E-state index contributed by atoms with van der Waals surface area (Å²) in [5.74, 6) is -0.862. The van der Waals surface area contributed by atoms with Crippen LogP contribution in [0, 0.1) is 0 Å². The minimum atomic E-state index is -3.73. The molecule has 1 aromatic heterocycles. The highest BCUT2D eigenvalue weighted by Crippen LogP contribution is 2.31. The molecule has 244 valence electrons. The van der Waals surface area contributed by atoms with E-state index in [0.717, 1.165) is 21.7 Å². The largest absolute Gasteiger partial charge is 0.467 e. The maximum atomic E-state index is 14.7. The fourth-order valence-electron chi connectivity index (χ4n) is 5.52. The number of primary amides is 1. The van der Waals surface area contributed by atoms with Crippen LogP contribution >= 0.6 is 0 Å². The van der Waals surface area contributed by atoms with Crippen molar-refractivity contribution >= 4 is 27.5 Å².